The lowest BCUT2D eigenvalue weighted by Crippen LogP contribution is -2.41. The zero-order chi connectivity index (χ0) is 26.2. The van der Waals surface area contributed by atoms with Crippen LogP contribution in [0.4, 0.5) is 19.1 Å². The Kier molecular flexibility index (Phi) is 6.60. The number of nitrogens with two attached hydrogens (primary N) is 1. The third kappa shape index (κ3) is 4.89. The van der Waals surface area contributed by atoms with Gasteiger partial charge < -0.3 is 5.73 Å². The van der Waals surface area contributed by atoms with Crippen LogP contribution in [0.3, 0.4) is 0 Å². The van der Waals surface area contributed by atoms with E-state index in [1.165, 1.54) is 12.1 Å². The number of nitrogen functional groups attached to an aromatic ring is 1. The molecule has 37 heavy (non-hydrogen) atoms. The first-order valence-corrected chi connectivity index (χ1v) is 12.1. The highest BCUT2D eigenvalue weighted by Gasteiger charge is 2.32. The number of benzene rings is 3. The number of nitrogens with zero attached hydrogens (tertiary/aromatic N) is 3. The van der Waals surface area contributed by atoms with Crippen LogP contribution in [0.15, 0.2) is 89.7 Å². The number of halogens is 3. The zero-order valence-corrected chi connectivity index (χ0v) is 20.3. The van der Waals surface area contributed by atoms with E-state index in [2.05, 4.69) is 9.88 Å². The van der Waals surface area contributed by atoms with Crippen molar-refractivity contribution in [2.45, 2.75) is 38.1 Å². The van der Waals surface area contributed by atoms with Crippen molar-refractivity contribution in [3.05, 3.63) is 129 Å². The van der Waals surface area contributed by atoms with Crippen molar-refractivity contribution >= 4 is 5.95 Å². The van der Waals surface area contributed by atoms with Gasteiger partial charge in [-0.05, 0) is 35.7 Å². The lowest BCUT2D eigenvalue weighted by Gasteiger charge is -2.34. The molecule has 0 fully saturated rings. The number of alkyl halides is 3. The van der Waals surface area contributed by atoms with Crippen LogP contribution >= 0.6 is 0 Å². The molecule has 1 aliphatic rings. The Morgan fingerprint density at radius 2 is 1.43 bits per heavy atom. The Morgan fingerprint density at radius 1 is 0.865 bits per heavy atom. The summed E-state index contributed by atoms with van der Waals surface area (Å²) < 4.78 is 40.6. The molecule has 0 aliphatic carbocycles. The average Bonchev–Trinajstić information content (AvgIpc) is 2.91. The Hall–Kier alpha value is -3.91. The molecule has 5 nitrogen and oxygen atoms in total. The summed E-state index contributed by atoms with van der Waals surface area (Å²) in [6.45, 7) is 2.89. The zero-order valence-electron chi connectivity index (χ0n) is 20.3. The molecule has 190 valence electrons. The molecule has 4 aromatic rings. The van der Waals surface area contributed by atoms with Crippen LogP contribution in [0, 0.1) is 0 Å². The highest BCUT2D eigenvalue weighted by atomic mass is 19.4. The van der Waals surface area contributed by atoms with Crippen molar-refractivity contribution in [3.8, 4) is 0 Å². The van der Waals surface area contributed by atoms with Crippen LogP contribution in [-0.4, -0.2) is 21.0 Å². The molecular formula is C29H27F3N4O. The van der Waals surface area contributed by atoms with E-state index >= 15 is 0 Å². The van der Waals surface area contributed by atoms with Gasteiger partial charge in [-0.3, -0.25) is 14.3 Å². The molecular weight excluding hydrogens is 477 g/mol. The molecule has 0 spiro atoms. The van der Waals surface area contributed by atoms with E-state index in [1.54, 1.807) is 4.57 Å². The minimum Gasteiger partial charge on any atom is -0.369 e. The first kappa shape index (κ1) is 24.8. The first-order valence-electron chi connectivity index (χ1n) is 12.1. The fraction of sp³-hybridized carbons (Fsp3) is 0.241. The monoisotopic (exact) mass is 504 g/mol. The van der Waals surface area contributed by atoms with Crippen LogP contribution in [0.2, 0.25) is 0 Å². The number of fused-ring (bicyclic) bond motifs is 1. The van der Waals surface area contributed by atoms with E-state index in [0.29, 0.717) is 30.8 Å². The smallest absolute Gasteiger partial charge is 0.369 e. The molecule has 8 heteroatoms. The third-order valence-electron chi connectivity index (χ3n) is 7.08. The van der Waals surface area contributed by atoms with E-state index in [4.69, 9.17) is 5.73 Å². The Morgan fingerprint density at radius 3 is 1.97 bits per heavy atom. The number of hydrogen-bond acceptors (Lipinski definition) is 4. The largest absolute Gasteiger partial charge is 0.416 e. The number of aromatic nitrogens is 2. The molecule has 1 aromatic heterocycles. The van der Waals surface area contributed by atoms with Gasteiger partial charge in [-0.1, -0.05) is 72.8 Å². The van der Waals surface area contributed by atoms with Crippen LogP contribution in [-0.2, 0) is 19.1 Å². The van der Waals surface area contributed by atoms with Crippen molar-refractivity contribution in [1.82, 2.24) is 14.5 Å². The summed E-state index contributed by atoms with van der Waals surface area (Å²) >= 11 is 0. The Balaban J connectivity index is 1.52. The van der Waals surface area contributed by atoms with Gasteiger partial charge in [0.1, 0.15) is 0 Å². The van der Waals surface area contributed by atoms with Gasteiger partial charge in [0, 0.05) is 25.6 Å². The predicted molar refractivity (Wildman–Crippen MR) is 137 cm³/mol. The Labute approximate surface area is 213 Å². The highest BCUT2D eigenvalue weighted by Crippen LogP contribution is 2.33. The van der Waals surface area contributed by atoms with Gasteiger partial charge in [0.2, 0.25) is 5.95 Å². The van der Waals surface area contributed by atoms with Crippen LogP contribution in [0.1, 0.15) is 52.5 Å². The minimum atomic E-state index is -4.38. The van der Waals surface area contributed by atoms with Gasteiger partial charge in [0.05, 0.1) is 22.9 Å². The summed E-state index contributed by atoms with van der Waals surface area (Å²) in [4.78, 5) is 20.7. The van der Waals surface area contributed by atoms with Gasteiger partial charge in [-0.25, -0.2) is 4.98 Å². The summed E-state index contributed by atoms with van der Waals surface area (Å²) in [7, 11) is 0. The van der Waals surface area contributed by atoms with E-state index in [9.17, 15) is 18.0 Å². The van der Waals surface area contributed by atoms with E-state index in [1.807, 2.05) is 67.6 Å². The van der Waals surface area contributed by atoms with Crippen LogP contribution < -0.4 is 11.3 Å². The normalized spacial score (nSPS) is 14.9. The molecule has 2 heterocycles. The summed E-state index contributed by atoms with van der Waals surface area (Å²) in [5, 5.41) is 0. The maximum atomic E-state index is 14.0. The summed E-state index contributed by atoms with van der Waals surface area (Å²) in [6.07, 6.45) is -3.85. The standard InChI is InChI=1S/C29H27F3N4O/c1-19(20-12-14-23(15-13-20)29(30,31)32)35-17-16-25-24(18-35)27(37)36(28(33)34-25)26(21-8-4-2-5-9-21)22-10-6-3-7-11-22/h2-15,19,26H,16-18H2,1H3,(H2,33,34)/t19-/m0/s1. The second-order valence-electron chi connectivity index (χ2n) is 9.31. The van der Waals surface area contributed by atoms with Crippen molar-refractivity contribution in [3.63, 3.8) is 0 Å². The molecule has 0 saturated heterocycles. The summed E-state index contributed by atoms with van der Waals surface area (Å²) in [5.41, 5.74) is 9.34. The van der Waals surface area contributed by atoms with E-state index in [-0.39, 0.29) is 17.5 Å². The maximum Gasteiger partial charge on any atom is 0.416 e. The minimum absolute atomic E-state index is 0.158. The average molecular weight is 505 g/mol. The third-order valence-corrected chi connectivity index (χ3v) is 7.08. The van der Waals surface area contributed by atoms with Crippen LogP contribution in [0.5, 0.6) is 0 Å². The Bertz CT molecular complexity index is 1400. The molecule has 2 N–H and O–H groups in total. The van der Waals surface area contributed by atoms with Gasteiger partial charge in [-0.15, -0.1) is 0 Å². The lowest BCUT2D eigenvalue weighted by molar-refractivity contribution is -0.137. The molecule has 0 bridgehead atoms. The fourth-order valence-electron chi connectivity index (χ4n) is 5.03. The number of hydrogen-bond donors (Lipinski definition) is 1. The maximum absolute atomic E-state index is 14.0. The van der Waals surface area contributed by atoms with Crippen molar-refractivity contribution in [2.75, 3.05) is 12.3 Å². The van der Waals surface area contributed by atoms with Crippen molar-refractivity contribution in [2.24, 2.45) is 0 Å². The highest BCUT2D eigenvalue weighted by molar-refractivity contribution is 5.39. The van der Waals surface area contributed by atoms with E-state index in [0.717, 1.165) is 28.8 Å². The molecule has 0 saturated carbocycles. The van der Waals surface area contributed by atoms with Gasteiger partial charge in [0.15, 0.2) is 0 Å². The quantitative estimate of drug-likeness (QED) is 0.384. The summed E-state index contributed by atoms with van der Waals surface area (Å²) in [5.74, 6) is 0.158. The molecule has 1 aliphatic heterocycles. The van der Waals surface area contributed by atoms with E-state index < -0.39 is 17.8 Å². The second kappa shape index (κ2) is 9.86. The van der Waals surface area contributed by atoms with Crippen molar-refractivity contribution < 1.29 is 13.2 Å². The van der Waals surface area contributed by atoms with Gasteiger partial charge in [0.25, 0.3) is 5.56 Å². The number of rotatable bonds is 5. The molecule has 0 radical (unpaired) electrons. The molecule has 0 amide bonds. The number of anilines is 1. The summed E-state index contributed by atoms with van der Waals surface area (Å²) in [6, 6.07) is 23.9. The van der Waals surface area contributed by atoms with Crippen molar-refractivity contribution in [1.29, 1.82) is 0 Å². The topological polar surface area (TPSA) is 64.2 Å². The molecule has 3 aromatic carbocycles. The molecule has 0 unspecified atom stereocenters. The van der Waals surface area contributed by atoms with Crippen LogP contribution in [0.25, 0.3) is 0 Å². The molecule has 5 rings (SSSR count). The predicted octanol–water partition coefficient (Wildman–Crippen LogP) is 5.60. The lowest BCUT2D eigenvalue weighted by atomic mass is 9.97. The SMILES string of the molecule is C[C@@H](c1ccc(C(F)(F)F)cc1)N1CCc2nc(N)n(C(c3ccccc3)c3ccccc3)c(=O)c2C1. The second-order valence-corrected chi connectivity index (χ2v) is 9.31. The van der Waals surface area contributed by atoms with Gasteiger partial charge >= 0.3 is 6.18 Å². The first-order chi connectivity index (χ1) is 17.7. The van der Waals surface area contributed by atoms with Gasteiger partial charge in [-0.2, -0.15) is 13.2 Å². The fourth-order valence-corrected chi connectivity index (χ4v) is 5.03. The molecule has 1 atom stereocenters.